The molecule has 0 radical (unpaired) electrons. The summed E-state index contributed by atoms with van der Waals surface area (Å²) in [5, 5.41) is 7.20. The fourth-order valence-corrected chi connectivity index (χ4v) is 3.17. The number of rotatable bonds is 4. The average molecular weight is 331 g/mol. The predicted octanol–water partition coefficient (Wildman–Crippen LogP) is 4.66. The summed E-state index contributed by atoms with van der Waals surface area (Å²) in [6, 6.07) is 4.65. The van der Waals surface area contributed by atoms with E-state index < -0.39 is 0 Å². The molecule has 0 aliphatic rings. The van der Waals surface area contributed by atoms with Crippen LogP contribution in [-0.4, -0.2) is 10.7 Å². The Labute approximate surface area is 137 Å². The average Bonchev–Trinajstić information content (AvgIpc) is 2.23. The third-order valence-corrected chi connectivity index (χ3v) is 3.51. The van der Waals surface area contributed by atoms with E-state index in [4.69, 9.17) is 23.8 Å². The van der Waals surface area contributed by atoms with E-state index >= 15 is 0 Å². The molecule has 0 unspecified atom stereocenters. The molecule has 0 heterocycles. The van der Waals surface area contributed by atoms with Gasteiger partial charge in [0.15, 0.2) is 5.11 Å². The van der Waals surface area contributed by atoms with E-state index in [0.717, 1.165) is 6.42 Å². The van der Waals surface area contributed by atoms with Crippen molar-refractivity contribution in [2.75, 3.05) is 0 Å². The van der Waals surface area contributed by atoms with Crippen LogP contribution in [0.15, 0.2) is 18.2 Å². The maximum Gasteiger partial charge on any atom is 0.166 e. The van der Waals surface area contributed by atoms with E-state index in [-0.39, 0.29) is 23.3 Å². The van der Waals surface area contributed by atoms with Gasteiger partial charge in [0.05, 0.1) is 0 Å². The zero-order valence-corrected chi connectivity index (χ0v) is 14.9. The van der Waals surface area contributed by atoms with Crippen molar-refractivity contribution < 1.29 is 4.39 Å². The van der Waals surface area contributed by atoms with Gasteiger partial charge in [-0.15, -0.1) is 0 Å². The summed E-state index contributed by atoms with van der Waals surface area (Å²) in [5.74, 6) is -0.327. The van der Waals surface area contributed by atoms with E-state index in [1.165, 1.54) is 6.07 Å². The van der Waals surface area contributed by atoms with Gasteiger partial charge in [-0.2, -0.15) is 0 Å². The number of benzene rings is 1. The lowest BCUT2D eigenvalue weighted by atomic mass is 9.82. The molecule has 5 heteroatoms. The molecule has 118 valence electrons. The number of thiocarbonyl (C=S) groups is 1. The van der Waals surface area contributed by atoms with Gasteiger partial charge in [0.2, 0.25) is 0 Å². The SMILES string of the molecule is CC(C)(C)CC(C)(C)NC(=S)NCc1c(F)cccc1Cl. The summed E-state index contributed by atoms with van der Waals surface area (Å²) in [4.78, 5) is 0. The minimum Gasteiger partial charge on any atom is -0.358 e. The first kappa shape index (κ1) is 18.2. The molecule has 2 nitrogen and oxygen atoms in total. The molecule has 2 N–H and O–H groups in total. The molecule has 0 atom stereocenters. The quantitative estimate of drug-likeness (QED) is 0.785. The lowest BCUT2D eigenvalue weighted by Crippen LogP contribution is -2.49. The number of hydrogen-bond donors (Lipinski definition) is 2. The molecule has 0 saturated carbocycles. The van der Waals surface area contributed by atoms with Gasteiger partial charge in [-0.3, -0.25) is 0 Å². The van der Waals surface area contributed by atoms with Gasteiger partial charge < -0.3 is 10.6 Å². The normalized spacial score (nSPS) is 12.1. The Bertz CT molecular complexity index is 489. The molecular formula is C16H24ClFN2S. The Morgan fingerprint density at radius 3 is 2.38 bits per heavy atom. The second-order valence-electron chi connectivity index (χ2n) is 7.13. The molecular weight excluding hydrogens is 307 g/mol. The van der Waals surface area contributed by atoms with Crippen molar-refractivity contribution in [1.82, 2.24) is 10.6 Å². The highest BCUT2D eigenvalue weighted by Crippen LogP contribution is 2.26. The van der Waals surface area contributed by atoms with Gasteiger partial charge in [0, 0.05) is 22.7 Å². The number of nitrogens with one attached hydrogen (secondary N) is 2. The highest BCUT2D eigenvalue weighted by Gasteiger charge is 2.25. The van der Waals surface area contributed by atoms with Crippen molar-refractivity contribution in [3.8, 4) is 0 Å². The van der Waals surface area contributed by atoms with Crippen LogP contribution in [0, 0.1) is 11.2 Å². The first-order valence-corrected chi connectivity index (χ1v) is 7.78. The van der Waals surface area contributed by atoms with Crippen molar-refractivity contribution in [2.45, 2.75) is 53.1 Å². The summed E-state index contributed by atoms with van der Waals surface area (Å²) in [7, 11) is 0. The van der Waals surface area contributed by atoms with Crippen LogP contribution in [0.4, 0.5) is 4.39 Å². The van der Waals surface area contributed by atoms with Crippen LogP contribution < -0.4 is 10.6 Å². The summed E-state index contributed by atoms with van der Waals surface area (Å²) < 4.78 is 13.7. The largest absolute Gasteiger partial charge is 0.358 e. The molecule has 1 rings (SSSR count). The molecule has 0 aliphatic carbocycles. The lowest BCUT2D eigenvalue weighted by molar-refractivity contribution is 0.266. The Balaban J connectivity index is 2.59. The summed E-state index contributed by atoms with van der Waals surface area (Å²) in [6.07, 6.45) is 0.961. The Morgan fingerprint density at radius 1 is 1.24 bits per heavy atom. The molecule has 0 amide bonds. The molecule has 1 aromatic rings. The van der Waals surface area contributed by atoms with Gasteiger partial charge in [-0.1, -0.05) is 38.4 Å². The van der Waals surface area contributed by atoms with Crippen LogP contribution in [0.3, 0.4) is 0 Å². The van der Waals surface area contributed by atoms with Crippen LogP contribution in [0.25, 0.3) is 0 Å². The van der Waals surface area contributed by atoms with Crippen molar-refractivity contribution in [1.29, 1.82) is 0 Å². The molecule has 0 fully saturated rings. The minimum absolute atomic E-state index is 0.138. The van der Waals surface area contributed by atoms with E-state index in [1.807, 2.05) is 0 Å². The predicted molar refractivity (Wildman–Crippen MR) is 92.1 cm³/mol. The standard InChI is InChI=1S/C16H24ClFN2S/c1-15(2,3)10-16(4,5)20-14(21)19-9-11-12(17)7-6-8-13(11)18/h6-8H,9-10H2,1-5H3,(H2,19,20,21). The van der Waals surface area contributed by atoms with Crippen molar-refractivity contribution in [3.63, 3.8) is 0 Å². The van der Waals surface area contributed by atoms with Gasteiger partial charge in [0.1, 0.15) is 5.82 Å². The molecule has 0 bridgehead atoms. The lowest BCUT2D eigenvalue weighted by Gasteiger charge is -2.34. The molecule has 21 heavy (non-hydrogen) atoms. The van der Waals surface area contributed by atoms with Crippen LogP contribution in [0.2, 0.25) is 5.02 Å². The fourth-order valence-electron chi connectivity index (χ4n) is 2.59. The van der Waals surface area contributed by atoms with Crippen LogP contribution in [0.1, 0.15) is 46.6 Å². The zero-order chi connectivity index (χ0) is 16.3. The molecule has 1 aromatic carbocycles. The first-order valence-electron chi connectivity index (χ1n) is 6.99. The smallest absolute Gasteiger partial charge is 0.166 e. The zero-order valence-electron chi connectivity index (χ0n) is 13.3. The van der Waals surface area contributed by atoms with E-state index in [9.17, 15) is 4.39 Å². The fraction of sp³-hybridized carbons (Fsp3) is 0.562. The number of hydrogen-bond acceptors (Lipinski definition) is 1. The summed E-state index contributed by atoms with van der Waals surface area (Å²) >= 11 is 11.3. The third kappa shape index (κ3) is 6.62. The maximum absolute atomic E-state index is 13.7. The van der Waals surface area contributed by atoms with Gasteiger partial charge in [0.25, 0.3) is 0 Å². The van der Waals surface area contributed by atoms with Crippen LogP contribution in [-0.2, 0) is 6.54 Å². The first-order chi connectivity index (χ1) is 9.50. The second kappa shape index (κ2) is 6.93. The number of halogens is 2. The van der Waals surface area contributed by atoms with Crippen LogP contribution in [0.5, 0.6) is 0 Å². The Morgan fingerprint density at radius 2 is 1.86 bits per heavy atom. The van der Waals surface area contributed by atoms with Gasteiger partial charge in [-0.25, -0.2) is 4.39 Å². The monoisotopic (exact) mass is 330 g/mol. The second-order valence-corrected chi connectivity index (χ2v) is 7.94. The third-order valence-electron chi connectivity index (χ3n) is 2.91. The Kier molecular flexibility index (Phi) is 6.00. The van der Waals surface area contributed by atoms with Crippen molar-refractivity contribution in [2.24, 2.45) is 5.41 Å². The maximum atomic E-state index is 13.7. The van der Waals surface area contributed by atoms with E-state index in [2.05, 4.69) is 45.3 Å². The minimum atomic E-state index is -0.327. The summed E-state index contributed by atoms with van der Waals surface area (Å²) in [5.41, 5.74) is 0.486. The van der Waals surface area contributed by atoms with Crippen LogP contribution >= 0.6 is 23.8 Å². The highest BCUT2D eigenvalue weighted by molar-refractivity contribution is 7.80. The molecule has 0 saturated heterocycles. The topological polar surface area (TPSA) is 24.1 Å². The van der Waals surface area contributed by atoms with Crippen molar-refractivity contribution in [3.05, 3.63) is 34.6 Å². The van der Waals surface area contributed by atoms with E-state index in [0.29, 0.717) is 15.7 Å². The molecule has 0 aromatic heterocycles. The van der Waals surface area contributed by atoms with Gasteiger partial charge >= 0.3 is 0 Å². The van der Waals surface area contributed by atoms with E-state index in [1.54, 1.807) is 12.1 Å². The Hall–Kier alpha value is -0.870. The highest BCUT2D eigenvalue weighted by atomic mass is 35.5. The molecule has 0 spiro atoms. The summed E-state index contributed by atoms with van der Waals surface area (Å²) in [6.45, 7) is 11.0. The van der Waals surface area contributed by atoms with Gasteiger partial charge in [-0.05, 0) is 50.0 Å². The molecule has 0 aliphatic heterocycles. The van der Waals surface area contributed by atoms with Crippen molar-refractivity contribution >= 4 is 28.9 Å².